The molecule has 338 valence electrons. The maximum Gasteiger partial charge on any atom is 0.407 e. The van der Waals surface area contributed by atoms with Gasteiger partial charge in [-0.3, -0.25) is 14.4 Å². The number of aromatic nitrogens is 5. The van der Waals surface area contributed by atoms with Crippen LogP contribution >= 0.6 is 0 Å². The fraction of sp³-hybridized carbons (Fsp3) is 0.388. The molecular weight excluding hydrogens is 827 g/mol. The van der Waals surface area contributed by atoms with E-state index in [-0.39, 0.29) is 35.7 Å². The molecule has 0 aliphatic carbocycles. The number of amides is 4. The normalized spacial score (nSPS) is 18.9. The first kappa shape index (κ1) is 43.3. The summed E-state index contributed by atoms with van der Waals surface area (Å²) in [4.78, 5) is 71.8. The van der Waals surface area contributed by atoms with Crippen LogP contribution in [-0.2, 0) is 19.1 Å². The topological polar surface area (TPSA) is 200 Å². The highest BCUT2D eigenvalue weighted by molar-refractivity contribution is 5.93. The number of ether oxygens (including phenoxy) is 2. The molecule has 5 N–H and O–H groups in total. The fourth-order valence-electron chi connectivity index (χ4n) is 9.59. The van der Waals surface area contributed by atoms with Gasteiger partial charge in [0.25, 0.3) is 0 Å². The predicted octanol–water partition coefficient (Wildman–Crippen LogP) is 6.87. The standard InChI is InChI=1S/C49H55N9O7/c1-27(2)42(54-41(60)26-59)46(61)56-19-9-13-37(56)45-51-25-35(53-45)31-15-17-33-39-22-32-21-30(16-18-36(32)58(39)48(65-40(33)23-31)29-11-7-6-8-12-29)34-24-50-44(52-34)38-14-10-20-57(38)47(62)43(28(3)4)55-49(63)64-5/h6-8,11-12,15-18,21-25,27-28,37-38,42-43,48,59H,9-10,13-14,19-20,26H2,1-5H3,(H,50,52)(H,51,53)(H,54,60)(H,55,63)/t37-,38-,42-,43-,48-/m0/s1. The van der Waals surface area contributed by atoms with Crippen LogP contribution in [0.25, 0.3) is 44.7 Å². The van der Waals surface area contributed by atoms with E-state index < -0.39 is 36.9 Å². The third kappa shape index (κ3) is 8.22. The Morgan fingerprint density at radius 3 is 1.95 bits per heavy atom. The number of hydrogen-bond acceptors (Lipinski definition) is 9. The van der Waals surface area contributed by atoms with Gasteiger partial charge in [0.15, 0.2) is 0 Å². The number of methoxy groups -OCH3 is 1. The molecule has 0 unspecified atom stereocenters. The third-order valence-electron chi connectivity index (χ3n) is 13.0. The number of nitrogens with zero attached hydrogens (tertiary/aromatic N) is 5. The van der Waals surface area contributed by atoms with E-state index >= 15 is 0 Å². The van der Waals surface area contributed by atoms with E-state index in [1.807, 2.05) is 69.1 Å². The smallest absolute Gasteiger partial charge is 0.407 e. The number of aliphatic hydroxyl groups is 1. The van der Waals surface area contributed by atoms with Crippen molar-refractivity contribution in [2.24, 2.45) is 11.8 Å². The van der Waals surface area contributed by atoms with Crippen molar-refractivity contribution in [3.63, 3.8) is 0 Å². The monoisotopic (exact) mass is 881 g/mol. The highest BCUT2D eigenvalue weighted by Gasteiger charge is 2.39. The molecule has 0 radical (unpaired) electrons. The lowest BCUT2D eigenvalue weighted by Crippen LogP contribution is -2.51. The summed E-state index contributed by atoms with van der Waals surface area (Å²) in [5.74, 6) is 0.870. The van der Waals surface area contributed by atoms with Crippen molar-refractivity contribution in [2.75, 3.05) is 26.8 Å². The Balaban J connectivity index is 1.00. The van der Waals surface area contributed by atoms with Gasteiger partial charge in [0, 0.05) is 40.7 Å². The number of rotatable bonds is 12. The lowest BCUT2D eigenvalue weighted by molar-refractivity contribution is -0.139. The van der Waals surface area contributed by atoms with Crippen LogP contribution < -0.4 is 15.4 Å². The van der Waals surface area contributed by atoms with E-state index in [1.165, 1.54) is 7.11 Å². The number of imidazole rings is 2. The molecule has 6 heterocycles. The van der Waals surface area contributed by atoms with Gasteiger partial charge in [0.05, 0.1) is 54.2 Å². The molecule has 6 aromatic rings. The van der Waals surface area contributed by atoms with Crippen LogP contribution in [-0.4, -0.2) is 102 Å². The number of carbonyl (C=O) groups excluding carboxylic acids is 4. The van der Waals surface area contributed by atoms with E-state index in [0.717, 1.165) is 81.7 Å². The molecule has 4 amide bonds. The number of carbonyl (C=O) groups is 4. The van der Waals surface area contributed by atoms with Crippen molar-refractivity contribution in [1.29, 1.82) is 0 Å². The van der Waals surface area contributed by atoms with Crippen molar-refractivity contribution >= 4 is 34.7 Å². The number of alkyl carbamates (subject to hydrolysis) is 1. The summed E-state index contributed by atoms with van der Waals surface area (Å²) in [7, 11) is 1.29. The van der Waals surface area contributed by atoms with E-state index in [9.17, 15) is 24.3 Å². The SMILES string of the molecule is COC(=O)N[C@H](C(=O)N1CCC[C@H]1c1ncc(-c2ccc3c(c2)cc2n3[C@H](c3ccccc3)Oc3cc(-c4cnc([C@@H]5CCCN5C(=O)[C@@H](NC(=O)CO)C(C)C)[nH]4)ccc3-2)[nH]1)C(C)C. The molecule has 3 aliphatic heterocycles. The van der Waals surface area contributed by atoms with Gasteiger partial charge >= 0.3 is 6.09 Å². The van der Waals surface area contributed by atoms with Crippen LogP contribution in [0.4, 0.5) is 4.79 Å². The third-order valence-corrected chi connectivity index (χ3v) is 13.0. The largest absolute Gasteiger partial charge is 0.465 e. The minimum atomic E-state index is -0.755. The summed E-state index contributed by atoms with van der Waals surface area (Å²) < 4.78 is 14.0. The van der Waals surface area contributed by atoms with Crippen LogP contribution in [0.15, 0.2) is 85.2 Å². The van der Waals surface area contributed by atoms with Gasteiger partial charge in [-0.2, -0.15) is 0 Å². The Bertz CT molecular complexity index is 2740. The Morgan fingerprint density at radius 1 is 0.785 bits per heavy atom. The maximum absolute atomic E-state index is 13.8. The molecular formula is C49H55N9O7. The number of likely N-dealkylation sites (tertiary alicyclic amines) is 2. The number of hydrogen-bond donors (Lipinski definition) is 5. The van der Waals surface area contributed by atoms with Crippen LogP contribution in [0.1, 0.15) is 88.9 Å². The Labute approximate surface area is 376 Å². The molecule has 3 aromatic carbocycles. The van der Waals surface area contributed by atoms with Gasteiger partial charge < -0.3 is 49.5 Å². The number of fused-ring (bicyclic) bond motifs is 5. The Kier molecular flexibility index (Phi) is 11.9. The lowest BCUT2D eigenvalue weighted by Gasteiger charge is -2.30. The maximum atomic E-state index is 13.8. The highest BCUT2D eigenvalue weighted by Crippen LogP contribution is 2.46. The Morgan fingerprint density at radius 2 is 1.37 bits per heavy atom. The molecule has 16 heteroatoms. The molecule has 2 saturated heterocycles. The average Bonchev–Trinajstić information content (AvgIpc) is 4.18. The average molecular weight is 882 g/mol. The second kappa shape index (κ2) is 17.9. The van der Waals surface area contributed by atoms with Crippen LogP contribution in [0.3, 0.4) is 0 Å². The van der Waals surface area contributed by atoms with E-state index in [0.29, 0.717) is 24.7 Å². The zero-order valence-electron chi connectivity index (χ0n) is 37.2. The van der Waals surface area contributed by atoms with Crippen molar-refractivity contribution in [3.8, 4) is 39.5 Å². The predicted molar refractivity (Wildman–Crippen MR) is 243 cm³/mol. The number of nitrogens with one attached hydrogen (secondary N) is 4. The molecule has 3 aromatic heterocycles. The van der Waals surface area contributed by atoms with Crippen LogP contribution in [0.2, 0.25) is 0 Å². The van der Waals surface area contributed by atoms with Crippen molar-refractivity contribution in [1.82, 2.24) is 44.9 Å². The molecule has 2 fully saturated rings. The summed E-state index contributed by atoms with van der Waals surface area (Å²) in [6.45, 7) is 7.99. The van der Waals surface area contributed by atoms with Crippen molar-refractivity contribution in [2.45, 2.75) is 83.8 Å². The number of H-pyrrole nitrogens is 2. The number of benzene rings is 3. The molecule has 16 nitrogen and oxygen atoms in total. The molecule has 3 aliphatic rings. The summed E-state index contributed by atoms with van der Waals surface area (Å²) in [6, 6.07) is 22.8. The molecule has 65 heavy (non-hydrogen) atoms. The van der Waals surface area contributed by atoms with Crippen LogP contribution in [0, 0.1) is 11.8 Å². The first-order valence-electron chi connectivity index (χ1n) is 22.4. The highest BCUT2D eigenvalue weighted by atomic mass is 16.5. The molecule has 5 atom stereocenters. The lowest BCUT2D eigenvalue weighted by atomic mass is 10.0. The first-order valence-corrected chi connectivity index (χ1v) is 22.4. The summed E-state index contributed by atoms with van der Waals surface area (Å²) in [6.07, 6.45) is 5.62. The number of aromatic amines is 2. The quantitative estimate of drug-likeness (QED) is 0.0871. The summed E-state index contributed by atoms with van der Waals surface area (Å²) >= 11 is 0. The van der Waals surface area contributed by atoms with Gasteiger partial charge in [0.2, 0.25) is 23.9 Å². The van der Waals surface area contributed by atoms with Crippen molar-refractivity contribution in [3.05, 3.63) is 102 Å². The Hall–Kier alpha value is -6.94. The second-order valence-electron chi connectivity index (χ2n) is 17.8. The van der Waals surface area contributed by atoms with Crippen LogP contribution in [0.5, 0.6) is 5.75 Å². The van der Waals surface area contributed by atoms with Gasteiger partial charge in [-0.05, 0) is 67.9 Å². The number of aliphatic hydroxyl groups excluding tert-OH is 1. The molecule has 0 saturated carbocycles. The van der Waals surface area contributed by atoms with E-state index in [2.05, 4.69) is 67.6 Å². The second-order valence-corrected chi connectivity index (χ2v) is 17.8. The zero-order chi connectivity index (χ0) is 45.5. The minimum absolute atomic E-state index is 0.130. The first-order chi connectivity index (χ1) is 31.4. The van der Waals surface area contributed by atoms with Gasteiger partial charge in [-0.25, -0.2) is 14.8 Å². The molecule has 0 bridgehead atoms. The minimum Gasteiger partial charge on any atom is -0.465 e. The van der Waals surface area contributed by atoms with Gasteiger partial charge in [-0.1, -0.05) is 70.2 Å². The fourth-order valence-corrected chi connectivity index (χ4v) is 9.59. The van der Waals surface area contributed by atoms with Gasteiger partial charge in [-0.15, -0.1) is 0 Å². The van der Waals surface area contributed by atoms with E-state index in [4.69, 9.17) is 19.4 Å². The van der Waals surface area contributed by atoms with Crippen molar-refractivity contribution < 1.29 is 33.8 Å². The zero-order valence-corrected chi connectivity index (χ0v) is 37.2. The summed E-state index contributed by atoms with van der Waals surface area (Å²) in [5.41, 5.74) is 7.37. The van der Waals surface area contributed by atoms with E-state index in [1.54, 1.807) is 11.1 Å². The summed E-state index contributed by atoms with van der Waals surface area (Å²) in [5, 5.41) is 15.8. The molecule has 0 spiro atoms. The molecule has 9 rings (SSSR count). The van der Waals surface area contributed by atoms with Gasteiger partial charge in [0.1, 0.15) is 36.1 Å².